The summed E-state index contributed by atoms with van der Waals surface area (Å²) in [5, 5.41) is 10.8. The van der Waals surface area contributed by atoms with Crippen LogP contribution in [0, 0.1) is 0 Å². The van der Waals surface area contributed by atoms with Gasteiger partial charge in [-0.25, -0.2) is 0 Å². The Morgan fingerprint density at radius 2 is 1.80 bits per heavy atom. The maximum Gasteiger partial charge on any atom is 0.323 e. The number of esters is 1. The SMILES string of the molecule is COC(=O)[C@@H]1CCCN1Cc1cc(OC)cc(CN2CCCC2)c1O. The van der Waals surface area contributed by atoms with Crippen LogP contribution in [0.4, 0.5) is 0 Å². The fraction of sp³-hybridized carbons (Fsp3) is 0.632. The number of hydrogen-bond acceptors (Lipinski definition) is 6. The van der Waals surface area contributed by atoms with Gasteiger partial charge in [-0.15, -0.1) is 0 Å². The summed E-state index contributed by atoms with van der Waals surface area (Å²) in [5.41, 5.74) is 1.70. The van der Waals surface area contributed by atoms with E-state index in [0.717, 1.165) is 55.9 Å². The molecule has 2 saturated heterocycles. The average Bonchev–Trinajstić information content (AvgIpc) is 3.29. The number of phenols is 1. The first-order valence-corrected chi connectivity index (χ1v) is 9.05. The van der Waals surface area contributed by atoms with Gasteiger partial charge in [0.15, 0.2) is 0 Å². The molecule has 2 aliphatic heterocycles. The lowest BCUT2D eigenvalue weighted by atomic mass is 10.1. The molecule has 1 aromatic rings. The number of benzene rings is 1. The van der Waals surface area contributed by atoms with Crippen LogP contribution in [-0.2, 0) is 22.6 Å². The number of nitrogens with zero attached hydrogens (tertiary/aromatic N) is 2. The number of carbonyl (C=O) groups excluding carboxylic acids is 1. The number of phenolic OH excluding ortho intramolecular Hbond substituents is 1. The van der Waals surface area contributed by atoms with E-state index in [1.54, 1.807) is 7.11 Å². The lowest BCUT2D eigenvalue weighted by Gasteiger charge is -2.24. The average molecular weight is 348 g/mol. The normalized spacial score (nSPS) is 21.6. The van der Waals surface area contributed by atoms with Crippen LogP contribution in [0.1, 0.15) is 36.8 Å². The Bertz CT molecular complexity index is 614. The third kappa shape index (κ3) is 4.07. The summed E-state index contributed by atoms with van der Waals surface area (Å²) in [4.78, 5) is 16.4. The smallest absolute Gasteiger partial charge is 0.323 e. The van der Waals surface area contributed by atoms with E-state index in [1.807, 2.05) is 12.1 Å². The highest BCUT2D eigenvalue weighted by Gasteiger charge is 2.32. The number of rotatable bonds is 6. The molecular formula is C19H28N2O4. The third-order valence-corrected chi connectivity index (χ3v) is 5.28. The summed E-state index contributed by atoms with van der Waals surface area (Å²) in [6, 6.07) is 3.56. The summed E-state index contributed by atoms with van der Waals surface area (Å²) in [6.07, 6.45) is 4.20. The minimum absolute atomic E-state index is 0.197. The van der Waals surface area contributed by atoms with Crippen LogP contribution in [0.2, 0.25) is 0 Å². The molecule has 2 fully saturated rings. The molecule has 2 heterocycles. The zero-order valence-electron chi connectivity index (χ0n) is 15.2. The van der Waals surface area contributed by atoms with Gasteiger partial charge in [-0.1, -0.05) is 0 Å². The highest BCUT2D eigenvalue weighted by Crippen LogP contribution is 2.33. The molecule has 0 spiro atoms. The molecule has 0 aliphatic carbocycles. The lowest BCUT2D eigenvalue weighted by molar-refractivity contribution is -0.146. The van der Waals surface area contributed by atoms with Crippen molar-refractivity contribution >= 4 is 5.97 Å². The van der Waals surface area contributed by atoms with Gasteiger partial charge >= 0.3 is 5.97 Å². The Balaban J connectivity index is 1.80. The fourth-order valence-corrected chi connectivity index (χ4v) is 3.91. The molecule has 6 heteroatoms. The van der Waals surface area contributed by atoms with E-state index < -0.39 is 0 Å². The Morgan fingerprint density at radius 3 is 2.44 bits per heavy atom. The second-order valence-electron chi connectivity index (χ2n) is 6.93. The molecule has 1 aromatic carbocycles. The Labute approximate surface area is 149 Å². The van der Waals surface area contributed by atoms with Crippen molar-refractivity contribution in [2.24, 2.45) is 0 Å². The topological polar surface area (TPSA) is 62.2 Å². The molecule has 0 amide bonds. The van der Waals surface area contributed by atoms with E-state index in [0.29, 0.717) is 12.3 Å². The number of methoxy groups -OCH3 is 2. The Kier molecular flexibility index (Phi) is 5.81. The zero-order valence-corrected chi connectivity index (χ0v) is 15.2. The molecule has 3 rings (SSSR count). The van der Waals surface area contributed by atoms with Gasteiger partial charge in [0.05, 0.1) is 14.2 Å². The number of aromatic hydroxyl groups is 1. The van der Waals surface area contributed by atoms with E-state index in [1.165, 1.54) is 20.0 Å². The van der Waals surface area contributed by atoms with Gasteiger partial charge in [-0.2, -0.15) is 0 Å². The maximum atomic E-state index is 12.0. The second-order valence-corrected chi connectivity index (χ2v) is 6.93. The van der Waals surface area contributed by atoms with Crippen LogP contribution in [0.3, 0.4) is 0 Å². The summed E-state index contributed by atoms with van der Waals surface area (Å²) in [5.74, 6) is 0.871. The summed E-state index contributed by atoms with van der Waals surface area (Å²) >= 11 is 0. The molecule has 0 saturated carbocycles. The molecule has 138 valence electrons. The molecule has 1 N–H and O–H groups in total. The van der Waals surface area contributed by atoms with Crippen molar-refractivity contribution < 1.29 is 19.4 Å². The standard InChI is InChI=1S/C19H28N2O4/c1-24-16-10-14(12-20-7-3-4-8-20)18(22)15(11-16)13-21-9-5-6-17(21)19(23)25-2/h10-11,17,22H,3-9,12-13H2,1-2H3/t17-/m0/s1. The van der Waals surface area contributed by atoms with Gasteiger partial charge in [0.1, 0.15) is 17.5 Å². The highest BCUT2D eigenvalue weighted by molar-refractivity contribution is 5.76. The Hall–Kier alpha value is -1.79. The third-order valence-electron chi connectivity index (χ3n) is 5.28. The van der Waals surface area contributed by atoms with E-state index in [4.69, 9.17) is 9.47 Å². The van der Waals surface area contributed by atoms with Crippen molar-refractivity contribution in [1.82, 2.24) is 9.80 Å². The van der Waals surface area contributed by atoms with Crippen LogP contribution in [0.5, 0.6) is 11.5 Å². The van der Waals surface area contributed by atoms with Gasteiger partial charge in [0, 0.05) is 24.2 Å². The molecule has 1 atom stereocenters. The predicted molar refractivity (Wildman–Crippen MR) is 94.6 cm³/mol. The van der Waals surface area contributed by atoms with Crippen molar-refractivity contribution in [3.05, 3.63) is 23.3 Å². The van der Waals surface area contributed by atoms with Crippen LogP contribution in [-0.4, -0.2) is 60.8 Å². The molecule has 2 aliphatic rings. The van der Waals surface area contributed by atoms with E-state index in [9.17, 15) is 9.90 Å². The predicted octanol–water partition coefficient (Wildman–Crippen LogP) is 2.13. The largest absolute Gasteiger partial charge is 0.507 e. The van der Waals surface area contributed by atoms with E-state index >= 15 is 0 Å². The van der Waals surface area contributed by atoms with Crippen molar-refractivity contribution in [1.29, 1.82) is 0 Å². The van der Waals surface area contributed by atoms with Gasteiger partial charge in [0.2, 0.25) is 0 Å². The van der Waals surface area contributed by atoms with Gasteiger partial charge < -0.3 is 14.6 Å². The van der Waals surface area contributed by atoms with Gasteiger partial charge in [-0.05, 0) is 57.5 Å². The van der Waals surface area contributed by atoms with Crippen LogP contribution in [0.25, 0.3) is 0 Å². The Morgan fingerprint density at radius 1 is 1.12 bits per heavy atom. The number of hydrogen-bond donors (Lipinski definition) is 1. The molecule has 0 bridgehead atoms. The molecule has 0 radical (unpaired) electrons. The van der Waals surface area contributed by atoms with Crippen molar-refractivity contribution in [2.45, 2.75) is 44.8 Å². The molecule has 0 aromatic heterocycles. The van der Waals surface area contributed by atoms with Gasteiger partial charge in [0.25, 0.3) is 0 Å². The lowest BCUT2D eigenvalue weighted by Crippen LogP contribution is -2.36. The first-order valence-electron chi connectivity index (χ1n) is 9.05. The molecular weight excluding hydrogens is 320 g/mol. The first-order chi connectivity index (χ1) is 12.1. The van der Waals surface area contributed by atoms with Crippen LogP contribution < -0.4 is 4.74 Å². The van der Waals surface area contributed by atoms with Gasteiger partial charge in [-0.3, -0.25) is 14.6 Å². The number of likely N-dealkylation sites (tertiary alicyclic amines) is 2. The maximum absolute atomic E-state index is 12.0. The zero-order chi connectivity index (χ0) is 17.8. The molecule has 0 unspecified atom stereocenters. The first kappa shape index (κ1) is 18.0. The minimum atomic E-state index is -0.224. The molecule has 6 nitrogen and oxygen atoms in total. The minimum Gasteiger partial charge on any atom is -0.507 e. The van der Waals surface area contributed by atoms with Crippen molar-refractivity contribution in [2.75, 3.05) is 33.9 Å². The summed E-state index contributed by atoms with van der Waals surface area (Å²) in [7, 11) is 3.07. The van der Waals surface area contributed by atoms with E-state index in [-0.39, 0.29) is 12.0 Å². The molecule has 25 heavy (non-hydrogen) atoms. The summed E-state index contributed by atoms with van der Waals surface area (Å²) in [6.45, 7) is 4.23. The summed E-state index contributed by atoms with van der Waals surface area (Å²) < 4.78 is 10.4. The van der Waals surface area contributed by atoms with Crippen molar-refractivity contribution in [3.8, 4) is 11.5 Å². The van der Waals surface area contributed by atoms with Crippen molar-refractivity contribution in [3.63, 3.8) is 0 Å². The van der Waals surface area contributed by atoms with E-state index in [2.05, 4.69) is 9.80 Å². The number of carbonyl (C=O) groups is 1. The van der Waals surface area contributed by atoms with Crippen LogP contribution >= 0.6 is 0 Å². The highest BCUT2D eigenvalue weighted by atomic mass is 16.5. The monoisotopic (exact) mass is 348 g/mol. The second kappa shape index (κ2) is 8.06. The quantitative estimate of drug-likeness (QED) is 0.795. The fourth-order valence-electron chi connectivity index (χ4n) is 3.91. The number of ether oxygens (including phenoxy) is 2. The van der Waals surface area contributed by atoms with Crippen LogP contribution in [0.15, 0.2) is 12.1 Å².